The quantitative estimate of drug-likeness (QED) is 0.456. The van der Waals surface area contributed by atoms with Crippen LogP contribution in [0.3, 0.4) is 0 Å². The van der Waals surface area contributed by atoms with E-state index in [0.29, 0.717) is 17.7 Å². The third-order valence-corrected chi connectivity index (χ3v) is 2.74. The van der Waals surface area contributed by atoms with Crippen molar-refractivity contribution < 1.29 is 4.79 Å². The van der Waals surface area contributed by atoms with Crippen molar-refractivity contribution in [1.82, 2.24) is 0 Å². The lowest BCUT2D eigenvalue weighted by molar-refractivity contribution is -0.108. The number of halogens is 2. The highest BCUT2D eigenvalue weighted by atomic mass is 35.5. The summed E-state index contributed by atoms with van der Waals surface area (Å²) in [5, 5.41) is 2.84. The molecular weight excluding hydrogens is 223 g/mol. The van der Waals surface area contributed by atoms with E-state index >= 15 is 0 Å². The fraction of sp³-hybridized carbons (Fsp3) is 0.111. The number of para-hydroxylation sites is 2. The lowest BCUT2D eigenvalue weighted by Crippen LogP contribution is -2.41. The van der Waals surface area contributed by atoms with Crippen LogP contribution in [0.15, 0.2) is 29.3 Å². The zero-order valence-corrected chi connectivity index (χ0v) is 8.51. The molecule has 1 N–H and O–H groups in total. The summed E-state index contributed by atoms with van der Waals surface area (Å²) in [4.78, 5) is 13.3. The molecule has 0 spiro atoms. The van der Waals surface area contributed by atoms with E-state index in [1.807, 2.05) is 12.1 Å². The molecule has 1 aliphatic heterocycles. The van der Waals surface area contributed by atoms with Crippen molar-refractivity contribution >= 4 is 46.0 Å². The molecule has 1 aromatic rings. The number of aliphatic imine (C=N–C) groups is 1. The SMILES string of the molecule is O=CC1(Cl)Nc2ccccc2N=C1Cl. The molecule has 2 rings (SSSR count). The Balaban J connectivity index is 2.53. The van der Waals surface area contributed by atoms with Crippen LogP contribution in [-0.4, -0.2) is 16.5 Å². The Bertz CT molecular complexity index is 419. The van der Waals surface area contributed by atoms with E-state index in [9.17, 15) is 4.79 Å². The molecule has 0 saturated heterocycles. The minimum absolute atomic E-state index is 0.0351. The molecule has 0 aromatic heterocycles. The number of nitrogens with one attached hydrogen (secondary N) is 1. The molecule has 72 valence electrons. The first kappa shape index (κ1) is 9.49. The van der Waals surface area contributed by atoms with Crippen molar-refractivity contribution in [3.05, 3.63) is 24.3 Å². The molecule has 0 saturated carbocycles. The van der Waals surface area contributed by atoms with Crippen LogP contribution in [0, 0.1) is 0 Å². The van der Waals surface area contributed by atoms with Gasteiger partial charge < -0.3 is 5.32 Å². The van der Waals surface area contributed by atoms with Crippen LogP contribution in [-0.2, 0) is 4.79 Å². The lowest BCUT2D eigenvalue weighted by Gasteiger charge is -2.26. The highest BCUT2D eigenvalue weighted by molar-refractivity contribution is 6.76. The number of benzene rings is 1. The Kier molecular flexibility index (Phi) is 2.21. The molecule has 1 atom stereocenters. The minimum Gasteiger partial charge on any atom is -0.353 e. The van der Waals surface area contributed by atoms with Gasteiger partial charge in [0.15, 0.2) is 11.5 Å². The number of nitrogens with zero attached hydrogens (tertiary/aromatic N) is 1. The van der Waals surface area contributed by atoms with Crippen LogP contribution in [0.1, 0.15) is 0 Å². The van der Waals surface area contributed by atoms with Crippen LogP contribution in [0.2, 0.25) is 0 Å². The molecule has 14 heavy (non-hydrogen) atoms. The van der Waals surface area contributed by atoms with E-state index in [1.54, 1.807) is 12.1 Å². The first-order valence-electron chi connectivity index (χ1n) is 3.93. The molecule has 5 heteroatoms. The highest BCUT2D eigenvalue weighted by Gasteiger charge is 2.35. The average Bonchev–Trinajstić information content (AvgIpc) is 2.20. The lowest BCUT2D eigenvalue weighted by atomic mass is 10.2. The second-order valence-electron chi connectivity index (χ2n) is 2.87. The van der Waals surface area contributed by atoms with Gasteiger partial charge in [-0.05, 0) is 12.1 Å². The third-order valence-electron chi connectivity index (χ3n) is 1.90. The second kappa shape index (κ2) is 3.26. The van der Waals surface area contributed by atoms with Crippen LogP contribution in [0.4, 0.5) is 11.4 Å². The predicted molar refractivity (Wildman–Crippen MR) is 57.7 cm³/mol. The summed E-state index contributed by atoms with van der Waals surface area (Å²) in [5.41, 5.74) is 1.37. The van der Waals surface area contributed by atoms with Crippen molar-refractivity contribution in [3.63, 3.8) is 0 Å². The van der Waals surface area contributed by atoms with Crippen LogP contribution >= 0.6 is 23.2 Å². The Morgan fingerprint density at radius 2 is 2.14 bits per heavy atom. The maximum Gasteiger partial charge on any atom is 0.222 e. The Morgan fingerprint density at radius 3 is 2.86 bits per heavy atom. The average molecular weight is 229 g/mol. The van der Waals surface area contributed by atoms with Gasteiger partial charge in [0.25, 0.3) is 0 Å². The van der Waals surface area contributed by atoms with Gasteiger partial charge >= 0.3 is 0 Å². The number of alkyl halides is 1. The molecular formula is C9H6Cl2N2O. The van der Waals surface area contributed by atoms with Gasteiger partial charge in [-0.1, -0.05) is 35.3 Å². The number of aldehydes is 1. The molecule has 0 amide bonds. The number of hydrogen-bond acceptors (Lipinski definition) is 3. The number of rotatable bonds is 1. The first-order valence-corrected chi connectivity index (χ1v) is 4.68. The van der Waals surface area contributed by atoms with Crippen molar-refractivity contribution in [2.75, 3.05) is 5.32 Å². The van der Waals surface area contributed by atoms with Crippen LogP contribution in [0.25, 0.3) is 0 Å². The van der Waals surface area contributed by atoms with Crippen molar-refractivity contribution in [2.45, 2.75) is 5.00 Å². The fourth-order valence-corrected chi connectivity index (χ4v) is 1.52. The van der Waals surface area contributed by atoms with Gasteiger partial charge in [0.1, 0.15) is 0 Å². The monoisotopic (exact) mass is 228 g/mol. The largest absolute Gasteiger partial charge is 0.353 e. The van der Waals surface area contributed by atoms with E-state index in [-0.39, 0.29) is 5.17 Å². The maximum atomic E-state index is 10.7. The van der Waals surface area contributed by atoms with Gasteiger partial charge in [0.05, 0.1) is 11.4 Å². The van der Waals surface area contributed by atoms with Crippen molar-refractivity contribution in [1.29, 1.82) is 0 Å². The van der Waals surface area contributed by atoms with E-state index in [0.717, 1.165) is 0 Å². The fourth-order valence-electron chi connectivity index (χ4n) is 1.19. The van der Waals surface area contributed by atoms with E-state index < -0.39 is 5.00 Å². The van der Waals surface area contributed by atoms with Gasteiger partial charge in [-0.15, -0.1) is 0 Å². The smallest absolute Gasteiger partial charge is 0.222 e. The molecule has 0 radical (unpaired) electrons. The summed E-state index contributed by atoms with van der Waals surface area (Å²) in [6, 6.07) is 7.22. The summed E-state index contributed by atoms with van der Waals surface area (Å²) >= 11 is 11.7. The topological polar surface area (TPSA) is 41.5 Å². The molecule has 0 bridgehead atoms. The zero-order valence-electron chi connectivity index (χ0n) is 7.00. The summed E-state index contributed by atoms with van der Waals surface area (Å²) < 4.78 is 0. The normalized spacial score (nSPS) is 24.6. The van der Waals surface area contributed by atoms with Crippen molar-refractivity contribution in [2.24, 2.45) is 4.99 Å². The molecule has 1 unspecified atom stereocenters. The van der Waals surface area contributed by atoms with Gasteiger partial charge in [-0.25, -0.2) is 4.99 Å². The predicted octanol–water partition coefficient (Wildman–Crippen LogP) is 2.51. The van der Waals surface area contributed by atoms with E-state index in [4.69, 9.17) is 23.2 Å². The zero-order chi connectivity index (χ0) is 10.2. The van der Waals surface area contributed by atoms with E-state index in [1.165, 1.54) is 0 Å². The first-order chi connectivity index (χ1) is 6.65. The summed E-state index contributed by atoms with van der Waals surface area (Å²) in [6.45, 7) is 0. The number of hydrogen-bond donors (Lipinski definition) is 1. The summed E-state index contributed by atoms with van der Waals surface area (Å²) in [5.74, 6) is 0. The Hall–Kier alpha value is -1.06. The van der Waals surface area contributed by atoms with Gasteiger partial charge in [0.2, 0.25) is 5.00 Å². The van der Waals surface area contributed by atoms with Crippen LogP contribution < -0.4 is 5.32 Å². The molecule has 0 fully saturated rings. The third kappa shape index (κ3) is 1.38. The summed E-state index contributed by atoms with van der Waals surface area (Å²) in [6.07, 6.45) is 0.524. The van der Waals surface area contributed by atoms with Gasteiger partial charge in [0, 0.05) is 0 Å². The Labute approximate surface area is 90.7 Å². The highest BCUT2D eigenvalue weighted by Crippen LogP contribution is 2.35. The standard InChI is InChI=1S/C9H6Cl2N2O/c10-8-9(11,5-14)13-7-4-2-1-3-6(7)12-8/h1-5,13H. The molecule has 1 aromatic carbocycles. The van der Waals surface area contributed by atoms with Crippen LogP contribution in [0.5, 0.6) is 0 Å². The van der Waals surface area contributed by atoms with E-state index in [2.05, 4.69) is 10.3 Å². The van der Waals surface area contributed by atoms with Gasteiger partial charge in [-0.3, -0.25) is 4.79 Å². The summed E-state index contributed by atoms with van der Waals surface area (Å²) in [7, 11) is 0. The second-order valence-corrected chi connectivity index (χ2v) is 3.83. The minimum atomic E-state index is -1.42. The number of fused-ring (bicyclic) bond motifs is 1. The van der Waals surface area contributed by atoms with Crippen molar-refractivity contribution in [3.8, 4) is 0 Å². The number of carbonyl (C=O) groups excluding carboxylic acids is 1. The van der Waals surface area contributed by atoms with Gasteiger partial charge in [-0.2, -0.15) is 0 Å². The Morgan fingerprint density at radius 1 is 1.43 bits per heavy atom. The molecule has 1 aliphatic rings. The molecule has 1 heterocycles. The maximum absolute atomic E-state index is 10.7. The molecule has 0 aliphatic carbocycles. The number of carbonyl (C=O) groups is 1. The molecule has 3 nitrogen and oxygen atoms in total. The number of anilines is 1.